The second kappa shape index (κ2) is 7.24. The number of carbonyl (C=O) groups is 1. The van der Waals surface area contributed by atoms with Gasteiger partial charge in [-0.3, -0.25) is 0 Å². The Hall–Kier alpha value is -2.42. The highest BCUT2D eigenvalue weighted by Gasteiger charge is 2.15. The van der Waals surface area contributed by atoms with Crippen molar-refractivity contribution in [1.29, 1.82) is 5.26 Å². The van der Waals surface area contributed by atoms with Crippen LogP contribution in [0.25, 0.3) is 0 Å². The molecule has 0 saturated heterocycles. The zero-order valence-electron chi connectivity index (χ0n) is 11.9. The number of urea groups is 1. The van der Waals surface area contributed by atoms with Crippen molar-refractivity contribution in [2.24, 2.45) is 5.73 Å². The van der Waals surface area contributed by atoms with Gasteiger partial charge in [-0.25, -0.2) is 4.79 Å². The van der Waals surface area contributed by atoms with Crippen LogP contribution in [0.1, 0.15) is 24.5 Å². The Balaban J connectivity index is 2.91. The zero-order valence-corrected chi connectivity index (χ0v) is 11.9. The Morgan fingerprint density at radius 1 is 1.45 bits per heavy atom. The van der Waals surface area contributed by atoms with Crippen LogP contribution in [0.2, 0.25) is 0 Å². The van der Waals surface area contributed by atoms with E-state index in [0.717, 1.165) is 5.56 Å². The van der Waals surface area contributed by atoms with Gasteiger partial charge in [0.15, 0.2) is 11.5 Å². The first-order valence-electron chi connectivity index (χ1n) is 6.23. The van der Waals surface area contributed by atoms with E-state index >= 15 is 0 Å². The van der Waals surface area contributed by atoms with Gasteiger partial charge in [-0.2, -0.15) is 5.26 Å². The molecule has 1 atom stereocenters. The van der Waals surface area contributed by atoms with Crippen LogP contribution in [0.4, 0.5) is 4.79 Å². The number of rotatable bonds is 6. The number of hydrogen-bond donors (Lipinski definition) is 2. The second-order valence-corrected chi connectivity index (χ2v) is 4.40. The number of aryl methyl sites for hydroxylation is 1. The lowest BCUT2D eigenvalue weighted by Gasteiger charge is -2.15. The summed E-state index contributed by atoms with van der Waals surface area (Å²) in [6.45, 7) is 1.86. The summed E-state index contributed by atoms with van der Waals surface area (Å²) in [6.07, 6.45) is 1.30. The number of primary amides is 1. The second-order valence-electron chi connectivity index (χ2n) is 4.40. The fraction of sp³-hybridized carbons (Fsp3) is 0.429. The van der Waals surface area contributed by atoms with Crippen molar-refractivity contribution >= 4 is 6.03 Å². The molecule has 108 valence electrons. The number of nitriles is 1. The molecule has 1 rings (SSSR count). The molecule has 20 heavy (non-hydrogen) atoms. The fourth-order valence-corrected chi connectivity index (χ4v) is 1.99. The molecule has 0 aliphatic rings. The van der Waals surface area contributed by atoms with Crippen LogP contribution in [0.3, 0.4) is 0 Å². The lowest BCUT2D eigenvalue weighted by Crippen LogP contribution is -2.36. The van der Waals surface area contributed by atoms with Crippen LogP contribution in [-0.4, -0.2) is 26.3 Å². The first-order chi connectivity index (χ1) is 9.53. The molecule has 0 spiro atoms. The molecule has 0 aliphatic carbocycles. The molecule has 0 fully saturated rings. The van der Waals surface area contributed by atoms with Gasteiger partial charge >= 0.3 is 6.03 Å². The predicted octanol–water partition coefficient (Wildman–Crippen LogP) is 1.56. The lowest BCUT2D eigenvalue weighted by atomic mass is 10.00. The van der Waals surface area contributed by atoms with E-state index in [1.54, 1.807) is 6.07 Å². The first kappa shape index (κ1) is 15.6. The van der Waals surface area contributed by atoms with E-state index in [4.69, 9.17) is 15.2 Å². The van der Waals surface area contributed by atoms with E-state index in [-0.39, 0.29) is 6.04 Å². The number of amides is 2. The minimum absolute atomic E-state index is 0.0628. The van der Waals surface area contributed by atoms with Crippen molar-refractivity contribution in [3.8, 4) is 17.6 Å². The largest absolute Gasteiger partial charge is 0.493 e. The van der Waals surface area contributed by atoms with Crippen molar-refractivity contribution in [3.05, 3.63) is 23.3 Å². The molecule has 1 aromatic rings. The molecule has 0 radical (unpaired) electrons. The summed E-state index contributed by atoms with van der Waals surface area (Å²) in [7, 11) is 3.03. The molecule has 1 aromatic carbocycles. The fourth-order valence-electron chi connectivity index (χ4n) is 1.99. The molecule has 0 bridgehead atoms. The summed E-state index contributed by atoms with van der Waals surface area (Å²) in [5.41, 5.74) is 6.37. The van der Waals surface area contributed by atoms with E-state index in [2.05, 4.69) is 11.4 Å². The Labute approximate surface area is 118 Å². The summed E-state index contributed by atoms with van der Waals surface area (Å²) in [4.78, 5) is 10.8. The van der Waals surface area contributed by atoms with Gasteiger partial charge in [0, 0.05) is 6.04 Å². The van der Waals surface area contributed by atoms with Crippen LogP contribution in [0.5, 0.6) is 11.5 Å². The smallest absolute Gasteiger partial charge is 0.312 e. The van der Waals surface area contributed by atoms with Gasteiger partial charge in [0.1, 0.15) is 11.6 Å². The van der Waals surface area contributed by atoms with Gasteiger partial charge < -0.3 is 20.5 Å². The van der Waals surface area contributed by atoms with E-state index < -0.39 is 6.03 Å². The molecular weight excluding hydrogens is 258 g/mol. The standard InChI is InChI=1S/C14H19N3O3/c1-9(17-14(16)18)4-5-10-6-7-12(19-2)13(20-3)11(10)8-15/h6-7,9H,4-5H2,1-3H3,(H3,16,17,18). The van der Waals surface area contributed by atoms with Crippen LogP contribution >= 0.6 is 0 Å². The summed E-state index contributed by atoms with van der Waals surface area (Å²) in [6, 6.07) is 5.12. The van der Waals surface area contributed by atoms with Crippen molar-refractivity contribution < 1.29 is 14.3 Å². The molecule has 6 nitrogen and oxygen atoms in total. The minimum atomic E-state index is -0.551. The number of nitrogens with one attached hydrogen (secondary N) is 1. The van der Waals surface area contributed by atoms with E-state index in [0.29, 0.717) is 29.9 Å². The maximum Gasteiger partial charge on any atom is 0.312 e. The molecule has 0 heterocycles. The monoisotopic (exact) mass is 277 g/mol. The highest BCUT2D eigenvalue weighted by molar-refractivity contribution is 5.71. The van der Waals surface area contributed by atoms with Gasteiger partial charge in [0.25, 0.3) is 0 Å². The molecular formula is C14H19N3O3. The van der Waals surface area contributed by atoms with Crippen molar-refractivity contribution in [1.82, 2.24) is 5.32 Å². The van der Waals surface area contributed by atoms with Crippen LogP contribution in [0, 0.1) is 11.3 Å². The Bertz CT molecular complexity index is 523. The SMILES string of the molecule is COc1ccc(CCC(C)NC(N)=O)c(C#N)c1OC. The number of nitrogens with two attached hydrogens (primary N) is 1. The summed E-state index contributed by atoms with van der Waals surface area (Å²) < 4.78 is 10.4. The van der Waals surface area contributed by atoms with Gasteiger partial charge in [0.05, 0.1) is 14.2 Å². The molecule has 0 saturated carbocycles. The predicted molar refractivity (Wildman–Crippen MR) is 74.8 cm³/mol. The average Bonchev–Trinajstić information content (AvgIpc) is 2.42. The molecule has 0 aromatic heterocycles. The van der Waals surface area contributed by atoms with Gasteiger partial charge in [-0.15, -0.1) is 0 Å². The number of nitrogens with zero attached hydrogens (tertiary/aromatic N) is 1. The maximum atomic E-state index is 10.8. The third-order valence-electron chi connectivity index (χ3n) is 2.98. The first-order valence-corrected chi connectivity index (χ1v) is 6.23. The van der Waals surface area contributed by atoms with Crippen molar-refractivity contribution in [2.45, 2.75) is 25.8 Å². The average molecular weight is 277 g/mol. The number of hydrogen-bond acceptors (Lipinski definition) is 4. The van der Waals surface area contributed by atoms with E-state index in [9.17, 15) is 10.1 Å². The quantitative estimate of drug-likeness (QED) is 0.824. The lowest BCUT2D eigenvalue weighted by molar-refractivity contribution is 0.245. The van der Waals surface area contributed by atoms with Gasteiger partial charge in [-0.1, -0.05) is 6.07 Å². The van der Waals surface area contributed by atoms with Crippen LogP contribution < -0.4 is 20.5 Å². The van der Waals surface area contributed by atoms with Gasteiger partial charge in [0.2, 0.25) is 0 Å². The van der Waals surface area contributed by atoms with Crippen LogP contribution in [0.15, 0.2) is 12.1 Å². The number of benzene rings is 1. The number of carbonyl (C=O) groups excluding carboxylic acids is 1. The van der Waals surface area contributed by atoms with E-state index in [1.807, 2.05) is 13.0 Å². The number of ether oxygens (including phenoxy) is 2. The maximum absolute atomic E-state index is 10.8. The molecule has 2 amide bonds. The summed E-state index contributed by atoms with van der Waals surface area (Å²) in [5, 5.41) is 11.9. The normalized spacial score (nSPS) is 11.3. The highest BCUT2D eigenvalue weighted by atomic mass is 16.5. The minimum Gasteiger partial charge on any atom is -0.493 e. The zero-order chi connectivity index (χ0) is 15.1. The van der Waals surface area contributed by atoms with Gasteiger partial charge in [-0.05, 0) is 31.4 Å². The molecule has 1 unspecified atom stereocenters. The molecule has 6 heteroatoms. The van der Waals surface area contributed by atoms with E-state index in [1.165, 1.54) is 14.2 Å². The molecule has 0 aliphatic heterocycles. The Morgan fingerprint density at radius 2 is 2.15 bits per heavy atom. The summed E-state index contributed by atoms with van der Waals surface area (Å²) >= 11 is 0. The number of methoxy groups -OCH3 is 2. The third kappa shape index (κ3) is 3.79. The summed E-state index contributed by atoms with van der Waals surface area (Å²) in [5.74, 6) is 0.958. The van der Waals surface area contributed by atoms with Crippen molar-refractivity contribution in [2.75, 3.05) is 14.2 Å². The molecule has 3 N–H and O–H groups in total. The topological polar surface area (TPSA) is 97.4 Å². The highest BCUT2D eigenvalue weighted by Crippen LogP contribution is 2.33. The Morgan fingerprint density at radius 3 is 2.65 bits per heavy atom. The van der Waals surface area contributed by atoms with Crippen LogP contribution in [-0.2, 0) is 6.42 Å². The van der Waals surface area contributed by atoms with Crippen molar-refractivity contribution in [3.63, 3.8) is 0 Å². The third-order valence-corrected chi connectivity index (χ3v) is 2.98. The Kier molecular flexibility index (Phi) is 5.66.